The average molecular weight is 431 g/mol. The van der Waals surface area contributed by atoms with E-state index in [2.05, 4.69) is 27.2 Å². The highest BCUT2D eigenvalue weighted by molar-refractivity contribution is 7.89. The van der Waals surface area contributed by atoms with Gasteiger partial charge in [-0.05, 0) is 36.6 Å². The summed E-state index contributed by atoms with van der Waals surface area (Å²) in [5.74, 6) is 0.482. The molecule has 3 rings (SSSR count). The van der Waals surface area contributed by atoms with Crippen LogP contribution in [0.3, 0.4) is 0 Å². The number of anilines is 1. The van der Waals surface area contributed by atoms with Gasteiger partial charge in [0.1, 0.15) is 5.01 Å². The van der Waals surface area contributed by atoms with Crippen molar-refractivity contribution in [1.29, 1.82) is 0 Å². The molecule has 3 aromatic rings. The second kappa shape index (κ2) is 9.12. The molecule has 8 nitrogen and oxygen atoms in total. The lowest BCUT2D eigenvalue weighted by atomic mass is 10.1. The van der Waals surface area contributed by atoms with Crippen LogP contribution in [0.4, 0.5) is 5.95 Å². The summed E-state index contributed by atoms with van der Waals surface area (Å²) in [7, 11) is -3.68. The van der Waals surface area contributed by atoms with Gasteiger partial charge in [-0.15, -0.1) is 11.3 Å². The smallest absolute Gasteiger partial charge is 0.238 e. The topological polar surface area (TPSA) is 137 Å². The number of nitrogens with two attached hydrogens (primary N) is 2. The van der Waals surface area contributed by atoms with Crippen molar-refractivity contribution < 1.29 is 8.42 Å². The van der Waals surface area contributed by atoms with Crippen LogP contribution in [0.1, 0.15) is 28.9 Å². The van der Waals surface area contributed by atoms with Gasteiger partial charge in [-0.25, -0.2) is 28.5 Å². The van der Waals surface area contributed by atoms with Gasteiger partial charge in [-0.2, -0.15) is 0 Å². The molecule has 152 valence electrons. The third-order valence-corrected chi connectivity index (χ3v) is 6.04. The van der Waals surface area contributed by atoms with Gasteiger partial charge in [0, 0.05) is 24.3 Å². The Balaban J connectivity index is 1.65. The lowest BCUT2D eigenvalue weighted by molar-refractivity contribution is 0.598. The Morgan fingerprint density at radius 2 is 1.97 bits per heavy atom. The standard InChI is InChI=1S/C19H22N6O2S2/c1-2-14-12-28-18(24-14)16(11-20)17-8-10-23-19(25-17)22-9-7-13-3-5-15(6-4-13)29(21,26)27/h3-6,8,10-12H,2,7,9,20H2,1H3,(H2,21,26,27)(H,22,23,25). The van der Waals surface area contributed by atoms with Gasteiger partial charge >= 0.3 is 0 Å². The highest BCUT2D eigenvalue weighted by Gasteiger charge is 2.12. The number of benzene rings is 1. The highest BCUT2D eigenvalue weighted by atomic mass is 32.2. The Morgan fingerprint density at radius 1 is 1.21 bits per heavy atom. The van der Waals surface area contributed by atoms with Gasteiger partial charge in [0.25, 0.3) is 0 Å². The lowest BCUT2D eigenvalue weighted by Gasteiger charge is -2.08. The average Bonchev–Trinajstić information content (AvgIpc) is 3.18. The lowest BCUT2D eigenvalue weighted by Crippen LogP contribution is -2.12. The van der Waals surface area contributed by atoms with E-state index in [1.54, 1.807) is 24.4 Å². The number of aromatic nitrogens is 3. The molecule has 0 aliphatic carbocycles. The highest BCUT2D eigenvalue weighted by Crippen LogP contribution is 2.25. The number of hydrogen-bond donors (Lipinski definition) is 3. The summed E-state index contributed by atoms with van der Waals surface area (Å²) in [6.07, 6.45) is 4.72. The normalized spacial score (nSPS) is 12.1. The number of sulfonamides is 1. The van der Waals surface area contributed by atoms with Crippen LogP contribution in [-0.2, 0) is 22.9 Å². The van der Waals surface area contributed by atoms with E-state index < -0.39 is 10.0 Å². The molecule has 0 spiro atoms. The van der Waals surface area contributed by atoms with E-state index in [1.165, 1.54) is 29.7 Å². The molecule has 10 heteroatoms. The van der Waals surface area contributed by atoms with Gasteiger partial charge in [0.05, 0.1) is 21.9 Å². The van der Waals surface area contributed by atoms with Crippen molar-refractivity contribution in [3.8, 4) is 0 Å². The zero-order valence-corrected chi connectivity index (χ0v) is 17.5. The number of rotatable bonds is 8. The number of hydrogen-bond acceptors (Lipinski definition) is 8. The van der Waals surface area contributed by atoms with Crippen LogP contribution in [-0.4, -0.2) is 29.9 Å². The van der Waals surface area contributed by atoms with E-state index in [-0.39, 0.29) is 4.90 Å². The number of nitrogens with one attached hydrogen (secondary N) is 1. The van der Waals surface area contributed by atoms with Crippen LogP contribution >= 0.6 is 11.3 Å². The molecule has 0 aliphatic heterocycles. The zero-order chi connectivity index (χ0) is 20.9. The SMILES string of the molecule is CCc1csc(C(=CN)c2ccnc(NCCc3ccc(S(N)(=O)=O)cc3)n2)n1. The minimum Gasteiger partial charge on any atom is -0.404 e. The number of nitrogens with zero attached hydrogens (tertiary/aromatic N) is 3. The summed E-state index contributed by atoms with van der Waals surface area (Å²) in [5, 5.41) is 11.1. The summed E-state index contributed by atoms with van der Waals surface area (Å²) in [5.41, 5.74) is 9.27. The van der Waals surface area contributed by atoms with E-state index >= 15 is 0 Å². The maximum atomic E-state index is 11.3. The summed E-state index contributed by atoms with van der Waals surface area (Å²) in [6.45, 7) is 2.64. The second-order valence-electron chi connectivity index (χ2n) is 6.21. The zero-order valence-electron chi connectivity index (χ0n) is 15.9. The summed E-state index contributed by atoms with van der Waals surface area (Å²) >= 11 is 1.53. The summed E-state index contributed by atoms with van der Waals surface area (Å²) in [4.78, 5) is 13.4. The minimum atomic E-state index is -3.68. The molecule has 0 radical (unpaired) electrons. The van der Waals surface area contributed by atoms with Crippen molar-refractivity contribution in [3.63, 3.8) is 0 Å². The van der Waals surface area contributed by atoms with E-state index in [0.717, 1.165) is 28.3 Å². The number of aryl methyl sites for hydroxylation is 1. The van der Waals surface area contributed by atoms with Crippen molar-refractivity contribution in [2.24, 2.45) is 10.9 Å². The van der Waals surface area contributed by atoms with Gasteiger partial charge in [-0.1, -0.05) is 19.1 Å². The molecule has 1 aromatic carbocycles. The molecule has 0 bridgehead atoms. The van der Waals surface area contributed by atoms with E-state index in [1.807, 2.05) is 5.38 Å². The molecule has 2 aromatic heterocycles. The minimum absolute atomic E-state index is 0.0970. The van der Waals surface area contributed by atoms with Crippen LogP contribution in [0.5, 0.6) is 0 Å². The Bertz CT molecular complexity index is 1110. The van der Waals surface area contributed by atoms with Crippen LogP contribution in [0.2, 0.25) is 0 Å². The van der Waals surface area contributed by atoms with Crippen LogP contribution in [0.25, 0.3) is 5.57 Å². The predicted octanol–water partition coefficient (Wildman–Crippen LogP) is 2.15. The van der Waals surface area contributed by atoms with Crippen molar-refractivity contribution in [2.75, 3.05) is 11.9 Å². The van der Waals surface area contributed by atoms with Crippen LogP contribution in [0.15, 0.2) is 53.0 Å². The Kier molecular flexibility index (Phi) is 6.57. The van der Waals surface area contributed by atoms with E-state index in [4.69, 9.17) is 10.9 Å². The fraction of sp³-hybridized carbons (Fsp3) is 0.211. The van der Waals surface area contributed by atoms with E-state index in [9.17, 15) is 8.42 Å². The van der Waals surface area contributed by atoms with Gasteiger partial charge in [0.15, 0.2) is 0 Å². The monoisotopic (exact) mass is 430 g/mol. The predicted molar refractivity (Wildman–Crippen MR) is 115 cm³/mol. The molecular formula is C19H22N6O2S2. The van der Waals surface area contributed by atoms with Gasteiger partial charge in [-0.3, -0.25) is 0 Å². The molecule has 0 unspecified atom stereocenters. The molecule has 0 saturated carbocycles. The van der Waals surface area contributed by atoms with Gasteiger partial charge < -0.3 is 11.1 Å². The molecule has 5 N–H and O–H groups in total. The second-order valence-corrected chi connectivity index (χ2v) is 8.63. The van der Waals surface area contributed by atoms with Gasteiger partial charge in [0.2, 0.25) is 16.0 Å². The molecule has 0 amide bonds. The third kappa shape index (κ3) is 5.37. The quantitative estimate of drug-likeness (QED) is 0.498. The molecule has 0 saturated heterocycles. The fourth-order valence-electron chi connectivity index (χ4n) is 2.62. The molecule has 29 heavy (non-hydrogen) atoms. The van der Waals surface area contributed by atoms with Crippen molar-refractivity contribution in [1.82, 2.24) is 15.0 Å². The Labute approximate surface area is 173 Å². The Hall–Kier alpha value is -2.82. The summed E-state index contributed by atoms with van der Waals surface area (Å²) in [6, 6.07) is 8.27. The fourth-order valence-corrected chi connectivity index (χ4v) is 4.07. The first-order chi connectivity index (χ1) is 13.9. The maximum absolute atomic E-state index is 11.3. The van der Waals surface area contributed by atoms with Crippen LogP contribution in [0, 0.1) is 0 Å². The molecular weight excluding hydrogens is 408 g/mol. The first-order valence-corrected chi connectivity index (χ1v) is 11.4. The Morgan fingerprint density at radius 3 is 2.59 bits per heavy atom. The number of thiazole rings is 1. The van der Waals surface area contributed by atoms with Crippen LogP contribution < -0.4 is 16.2 Å². The number of primary sulfonamides is 1. The first-order valence-electron chi connectivity index (χ1n) is 8.96. The van der Waals surface area contributed by atoms with Crippen molar-refractivity contribution >= 4 is 32.9 Å². The maximum Gasteiger partial charge on any atom is 0.238 e. The molecule has 0 atom stereocenters. The molecule has 0 fully saturated rings. The molecule has 0 aliphatic rings. The third-order valence-electron chi connectivity index (χ3n) is 4.19. The van der Waals surface area contributed by atoms with E-state index in [0.29, 0.717) is 24.6 Å². The van der Waals surface area contributed by atoms with Crippen molar-refractivity contribution in [2.45, 2.75) is 24.7 Å². The summed E-state index contributed by atoms with van der Waals surface area (Å²) < 4.78 is 22.6. The largest absolute Gasteiger partial charge is 0.404 e. The first kappa shape index (κ1) is 20.9. The van der Waals surface area contributed by atoms with Crippen molar-refractivity contribution in [3.05, 3.63) is 70.1 Å². The molecule has 2 heterocycles.